The molecule has 2 aliphatic rings. The lowest BCUT2D eigenvalue weighted by atomic mass is 10.1. The van der Waals surface area contributed by atoms with Gasteiger partial charge in [0.15, 0.2) is 0 Å². The Balaban J connectivity index is 1.55. The average Bonchev–Trinajstić information content (AvgIpc) is 2.67. The lowest BCUT2D eigenvalue weighted by molar-refractivity contribution is -0.384. The number of non-ortho nitro benzene ring substituents is 1. The number of piperazine rings is 1. The highest BCUT2D eigenvalue weighted by molar-refractivity contribution is 7.86. The molecule has 0 aliphatic carbocycles. The fourth-order valence-electron chi connectivity index (χ4n) is 3.67. The summed E-state index contributed by atoms with van der Waals surface area (Å²) in [5.74, 6) is -0.121. The summed E-state index contributed by atoms with van der Waals surface area (Å²) >= 11 is 0. The molecule has 0 saturated carbocycles. The van der Waals surface area contributed by atoms with Crippen molar-refractivity contribution in [2.75, 3.05) is 39.3 Å². The summed E-state index contributed by atoms with van der Waals surface area (Å²) in [6.45, 7) is 5.49. The summed E-state index contributed by atoms with van der Waals surface area (Å²) in [5.41, 5.74) is 0.665. The van der Waals surface area contributed by atoms with Gasteiger partial charge in [0.1, 0.15) is 0 Å². The van der Waals surface area contributed by atoms with E-state index >= 15 is 0 Å². The predicted molar refractivity (Wildman–Crippen MR) is 105 cm³/mol. The van der Waals surface area contributed by atoms with E-state index in [4.69, 9.17) is 4.74 Å². The Morgan fingerprint density at radius 3 is 2.14 bits per heavy atom. The summed E-state index contributed by atoms with van der Waals surface area (Å²) in [6.07, 6.45) is -0.181. The molecule has 2 aliphatic heterocycles. The van der Waals surface area contributed by atoms with Crippen molar-refractivity contribution in [2.24, 2.45) is 0 Å². The molecule has 1 amide bonds. The van der Waals surface area contributed by atoms with Gasteiger partial charge in [-0.25, -0.2) is 0 Å². The maximum absolute atomic E-state index is 12.9. The molecule has 1 aromatic rings. The second-order valence-corrected chi connectivity index (χ2v) is 9.39. The summed E-state index contributed by atoms with van der Waals surface area (Å²) in [5, 5.41) is 10.7. The summed E-state index contributed by atoms with van der Waals surface area (Å²) in [4.78, 5) is 24.4. The third kappa shape index (κ3) is 5.10. The number of carbonyl (C=O) groups is 1. The maximum atomic E-state index is 12.9. The summed E-state index contributed by atoms with van der Waals surface area (Å²) in [6, 6.07) is 5.88. The van der Waals surface area contributed by atoms with E-state index < -0.39 is 15.1 Å². The lowest BCUT2D eigenvalue weighted by Gasteiger charge is -2.40. The summed E-state index contributed by atoms with van der Waals surface area (Å²) < 4.78 is 34.3. The number of hydrogen-bond donors (Lipinski definition) is 0. The van der Waals surface area contributed by atoms with Crippen LogP contribution >= 0.6 is 0 Å². The number of nitrogens with zero attached hydrogens (tertiary/aromatic N) is 4. The van der Waals surface area contributed by atoms with Crippen LogP contribution in [0.25, 0.3) is 0 Å². The molecule has 0 radical (unpaired) electrons. The number of amides is 1. The molecule has 0 N–H and O–H groups in total. The number of carbonyl (C=O) groups excluding carboxylic acids is 1. The number of nitro benzene ring substituents is 1. The first-order valence-electron chi connectivity index (χ1n) is 9.58. The average molecular weight is 426 g/mol. The van der Waals surface area contributed by atoms with Crippen LogP contribution in [0.1, 0.15) is 19.4 Å². The molecule has 0 bridgehead atoms. The van der Waals surface area contributed by atoms with Crippen molar-refractivity contribution in [3.63, 3.8) is 0 Å². The lowest BCUT2D eigenvalue weighted by Crippen LogP contribution is -2.57. The number of rotatable bonds is 5. The number of nitro groups is 1. The van der Waals surface area contributed by atoms with Crippen molar-refractivity contribution in [3.05, 3.63) is 39.9 Å². The van der Waals surface area contributed by atoms with Crippen LogP contribution < -0.4 is 0 Å². The molecule has 2 heterocycles. The van der Waals surface area contributed by atoms with Gasteiger partial charge in [0.2, 0.25) is 5.91 Å². The molecule has 2 saturated heterocycles. The van der Waals surface area contributed by atoms with Gasteiger partial charge in [-0.2, -0.15) is 17.0 Å². The van der Waals surface area contributed by atoms with Gasteiger partial charge in [0, 0.05) is 51.4 Å². The minimum Gasteiger partial charge on any atom is -0.373 e. The molecule has 10 nitrogen and oxygen atoms in total. The topological polar surface area (TPSA) is 113 Å². The van der Waals surface area contributed by atoms with Gasteiger partial charge in [-0.3, -0.25) is 14.9 Å². The largest absolute Gasteiger partial charge is 0.373 e. The molecule has 29 heavy (non-hydrogen) atoms. The monoisotopic (exact) mass is 426 g/mol. The van der Waals surface area contributed by atoms with Gasteiger partial charge in [0.25, 0.3) is 15.9 Å². The molecular weight excluding hydrogens is 400 g/mol. The predicted octanol–water partition coefficient (Wildman–Crippen LogP) is 0.636. The molecule has 0 spiro atoms. The van der Waals surface area contributed by atoms with Gasteiger partial charge >= 0.3 is 0 Å². The highest BCUT2D eigenvalue weighted by Gasteiger charge is 2.37. The zero-order valence-electron chi connectivity index (χ0n) is 16.6. The van der Waals surface area contributed by atoms with Gasteiger partial charge in [-0.1, -0.05) is 12.1 Å². The second kappa shape index (κ2) is 8.74. The molecule has 11 heteroatoms. The number of ether oxygens (including phenoxy) is 1. The fraction of sp³-hybridized carbons (Fsp3) is 0.611. The van der Waals surface area contributed by atoms with Gasteiger partial charge in [-0.15, -0.1) is 0 Å². The van der Waals surface area contributed by atoms with E-state index in [0.717, 1.165) is 0 Å². The van der Waals surface area contributed by atoms with E-state index in [1.807, 2.05) is 13.8 Å². The zero-order valence-corrected chi connectivity index (χ0v) is 17.4. The van der Waals surface area contributed by atoms with Gasteiger partial charge in [-0.05, 0) is 19.4 Å². The first-order chi connectivity index (χ1) is 13.7. The van der Waals surface area contributed by atoms with E-state index in [2.05, 4.69) is 0 Å². The Bertz CT molecular complexity index is 842. The first kappa shape index (κ1) is 21.6. The molecular formula is C18H26N4O6S. The van der Waals surface area contributed by atoms with Gasteiger partial charge in [0.05, 0.1) is 23.6 Å². The van der Waals surface area contributed by atoms with Crippen molar-refractivity contribution >= 4 is 21.8 Å². The quantitative estimate of drug-likeness (QED) is 0.504. The van der Waals surface area contributed by atoms with E-state index in [1.165, 1.54) is 20.7 Å². The van der Waals surface area contributed by atoms with E-state index in [1.54, 1.807) is 17.0 Å². The van der Waals surface area contributed by atoms with Crippen LogP contribution in [0.2, 0.25) is 0 Å². The highest BCUT2D eigenvalue weighted by Crippen LogP contribution is 2.19. The number of benzene rings is 1. The Morgan fingerprint density at radius 2 is 1.62 bits per heavy atom. The third-order valence-corrected chi connectivity index (χ3v) is 7.10. The smallest absolute Gasteiger partial charge is 0.282 e. The Labute approximate surface area is 170 Å². The van der Waals surface area contributed by atoms with Crippen molar-refractivity contribution in [1.29, 1.82) is 0 Å². The Morgan fingerprint density at radius 1 is 1.07 bits per heavy atom. The summed E-state index contributed by atoms with van der Waals surface area (Å²) in [7, 11) is -3.59. The van der Waals surface area contributed by atoms with E-state index in [9.17, 15) is 23.3 Å². The first-order valence-corrected chi connectivity index (χ1v) is 11.0. The minimum atomic E-state index is -3.59. The molecule has 1 aromatic carbocycles. The normalized spacial score (nSPS) is 24.4. The van der Waals surface area contributed by atoms with E-state index in [-0.39, 0.29) is 43.3 Å². The highest BCUT2D eigenvalue weighted by atomic mass is 32.2. The fourth-order valence-corrected chi connectivity index (χ4v) is 5.42. The molecule has 160 valence electrons. The van der Waals surface area contributed by atoms with Crippen LogP contribution in [0.15, 0.2) is 24.3 Å². The standard InChI is InChI=1S/C18H26N4O6S/c1-14-12-21(13-15(2)28-14)29(26,27)20-9-7-19(8-10-20)18(23)11-16-3-5-17(6-4-16)22(24)25/h3-6,14-15H,7-13H2,1-2H3/t14-,15+. The van der Waals surface area contributed by atoms with Crippen LogP contribution in [0.5, 0.6) is 0 Å². The van der Waals surface area contributed by atoms with Crippen LogP contribution in [0.3, 0.4) is 0 Å². The van der Waals surface area contributed by atoms with E-state index in [0.29, 0.717) is 31.7 Å². The third-order valence-electron chi connectivity index (χ3n) is 5.13. The van der Waals surface area contributed by atoms with Crippen LogP contribution in [0, 0.1) is 10.1 Å². The SMILES string of the molecule is C[C@@H]1CN(S(=O)(=O)N2CCN(C(=O)Cc3ccc([N+](=O)[O-])cc3)CC2)C[C@H](C)O1. The number of morpholine rings is 1. The van der Waals surface area contributed by atoms with Crippen molar-refractivity contribution in [1.82, 2.24) is 13.5 Å². The van der Waals surface area contributed by atoms with Crippen molar-refractivity contribution in [2.45, 2.75) is 32.5 Å². The molecule has 3 rings (SSSR count). The number of hydrogen-bond acceptors (Lipinski definition) is 6. The molecule has 0 aromatic heterocycles. The van der Waals surface area contributed by atoms with Crippen LogP contribution in [-0.2, 0) is 26.2 Å². The minimum absolute atomic E-state index is 0.0215. The van der Waals surface area contributed by atoms with Crippen LogP contribution in [0.4, 0.5) is 5.69 Å². The van der Waals surface area contributed by atoms with Crippen molar-refractivity contribution < 1.29 is 22.9 Å². The van der Waals surface area contributed by atoms with Crippen LogP contribution in [-0.4, -0.2) is 84.2 Å². The molecule has 2 fully saturated rings. The Hall–Kier alpha value is -2.08. The second-order valence-electron chi connectivity index (χ2n) is 7.46. The molecule has 2 atom stereocenters. The van der Waals surface area contributed by atoms with Crippen molar-refractivity contribution in [3.8, 4) is 0 Å². The zero-order chi connectivity index (χ0) is 21.2. The van der Waals surface area contributed by atoms with Gasteiger partial charge < -0.3 is 9.64 Å². The maximum Gasteiger partial charge on any atom is 0.282 e. The Kier molecular flexibility index (Phi) is 6.52. The molecule has 0 unspecified atom stereocenters.